The maximum absolute atomic E-state index is 12.4. The second-order valence-electron chi connectivity index (χ2n) is 5.74. The van der Waals surface area contributed by atoms with Gasteiger partial charge in [-0.3, -0.25) is 4.79 Å². The van der Waals surface area contributed by atoms with E-state index >= 15 is 0 Å². The van der Waals surface area contributed by atoms with Gasteiger partial charge in [0.1, 0.15) is 6.54 Å². The molecule has 7 heteroatoms. The van der Waals surface area contributed by atoms with Crippen LogP contribution in [-0.4, -0.2) is 50.0 Å². The molecule has 1 fully saturated rings. The van der Waals surface area contributed by atoms with Crippen molar-refractivity contribution in [3.8, 4) is 0 Å². The van der Waals surface area contributed by atoms with Crippen molar-refractivity contribution in [2.45, 2.75) is 52.0 Å². The average Bonchev–Trinajstić information content (AvgIpc) is 2.67. The molecule has 0 aliphatic carbocycles. The second-order valence-corrected chi connectivity index (χ2v) is 5.74. The number of likely N-dealkylation sites (tertiary alicyclic amines) is 1. The molecular formula is C14H22N4O3. The van der Waals surface area contributed by atoms with Gasteiger partial charge < -0.3 is 10.0 Å². The highest BCUT2D eigenvalue weighted by Gasteiger charge is 2.24. The van der Waals surface area contributed by atoms with Gasteiger partial charge >= 0.3 is 5.97 Å². The van der Waals surface area contributed by atoms with Gasteiger partial charge in [0.05, 0.1) is 5.69 Å². The number of carbonyl (C=O) groups excluding carboxylic acids is 1. The Hall–Kier alpha value is -1.92. The van der Waals surface area contributed by atoms with Crippen LogP contribution in [-0.2, 0) is 11.3 Å². The molecule has 21 heavy (non-hydrogen) atoms. The number of carbonyl (C=O) groups is 2. The highest BCUT2D eigenvalue weighted by atomic mass is 16.4. The maximum atomic E-state index is 12.4. The molecular weight excluding hydrogens is 272 g/mol. The Balaban J connectivity index is 2.15. The zero-order valence-electron chi connectivity index (χ0n) is 12.6. The molecule has 0 aromatic carbocycles. The summed E-state index contributed by atoms with van der Waals surface area (Å²) in [4.78, 5) is 25.4. The molecule has 1 N–H and O–H groups in total. The normalized spacial score (nSPS) is 16.0. The minimum atomic E-state index is -1.10. The van der Waals surface area contributed by atoms with Crippen molar-refractivity contribution < 1.29 is 14.7 Å². The predicted molar refractivity (Wildman–Crippen MR) is 76.1 cm³/mol. The lowest BCUT2D eigenvalue weighted by atomic mass is 10.1. The fourth-order valence-electron chi connectivity index (χ4n) is 2.71. The Bertz CT molecular complexity index is 516. The van der Waals surface area contributed by atoms with Gasteiger partial charge in [0.2, 0.25) is 5.91 Å². The zero-order valence-corrected chi connectivity index (χ0v) is 12.6. The first-order valence-electron chi connectivity index (χ1n) is 7.45. The number of aromatic carboxylic acids is 1. The van der Waals surface area contributed by atoms with Crippen molar-refractivity contribution >= 4 is 11.9 Å². The first kappa shape index (κ1) is 15.5. The number of aromatic nitrogens is 3. The van der Waals surface area contributed by atoms with Crippen LogP contribution >= 0.6 is 0 Å². The van der Waals surface area contributed by atoms with Gasteiger partial charge in [0.15, 0.2) is 5.69 Å². The maximum Gasteiger partial charge on any atom is 0.358 e. The number of nitrogens with zero attached hydrogens (tertiary/aromatic N) is 4. The highest BCUT2D eigenvalue weighted by molar-refractivity contribution is 5.86. The van der Waals surface area contributed by atoms with Crippen molar-refractivity contribution in [1.29, 1.82) is 0 Å². The summed E-state index contributed by atoms with van der Waals surface area (Å²) in [6, 6.07) is 0. The Kier molecular flexibility index (Phi) is 4.93. The zero-order chi connectivity index (χ0) is 15.4. The van der Waals surface area contributed by atoms with E-state index in [2.05, 4.69) is 10.3 Å². The van der Waals surface area contributed by atoms with E-state index in [0.29, 0.717) is 5.69 Å². The van der Waals surface area contributed by atoms with Crippen molar-refractivity contribution in [2.24, 2.45) is 0 Å². The molecule has 2 rings (SSSR count). The van der Waals surface area contributed by atoms with Gasteiger partial charge in [0, 0.05) is 13.1 Å². The number of hydrogen-bond acceptors (Lipinski definition) is 4. The molecule has 0 radical (unpaired) electrons. The largest absolute Gasteiger partial charge is 0.476 e. The van der Waals surface area contributed by atoms with E-state index in [1.54, 1.807) is 0 Å². The van der Waals surface area contributed by atoms with Crippen LogP contribution in [0.4, 0.5) is 0 Å². The third-order valence-corrected chi connectivity index (χ3v) is 3.77. The number of rotatable bonds is 4. The van der Waals surface area contributed by atoms with Crippen LogP contribution in [0.2, 0.25) is 0 Å². The SMILES string of the molecule is CC(C)c1c(C(=O)O)nnn1CC(=O)N1CCCCCC1. The van der Waals surface area contributed by atoms with Gasteiger partial charge in [-0.25, -0.2) is 9.48 Å². The van der Waals surface area contributed by atoms with Gasteiger partial charge in [-0.2, -0.15) is 0 Å². The van der Waals surface area contributed by atoms with Gasteiger partial charge in [-0.1, -0.05) is 31.9 Å². The second kappa shape index (κ2) is 6.69. The fraction of sp³-hybridized carbons (Fsp3) is 0.714. The van der Waals surface area contributed by atoms with Crippen molar-refractivity contribution in [3.05, 3.63) is 11.4 Å². The van der Waals surface area contributed by atoms with Crippen LogP contribution in [0.25, 0.3) is 0 Å². The minimum Gasteiger partial charge on any atom is -0.476 e. The molecule has 0 spiro atoms. The smallest absolute Gasteiger partial charge is 0.358 e. The van der Waals surface area contributed by atoms with E-state index in [9.17, 15) is 9.59 Å². The molecule has 1 aliphatic heterocycles. The van der Waals surface area contributed by atoms with Gasteiger partial charge in [0.25, 0.3) is 0 Å². The summed E-state index contributed by atoms with van der Waals surface area (Å²) in [7, 11) is 0. The number of hydrogen-bond donors (Lipinski definition) is 1. The molecule has 2 heterocycles. The summed E-state index contributed by atoms with van der Waals surface area (Å²) >= 11 is 0. The summed E-state index contributed by atoms with van der Waals surface area (Å²) in [5.74, 6) is -1.17. The lowest BCUT2D eigenvalue weighted by Crippen LogP contribution is -2.35. The van der Waals surface area contributed by atoms with Crippen LogP contribution in [0.3, 0.4) is 0 Å². The Morgan fingerprint density at radius 2 is 1.81 bits per heavy atom. The Morgan fingerprint density at radius 1 is 1.19 bits per heavy atom. The minimum absolute atomic E-state index is 0.0133. The van der Waals surface area contributed by atoms with E-state index in [-0.39, 0.29) is 24.1 Å². The van der Waals surface area contributed by atoms with Gasteiger partial charge in [-0.05, 0) is 18.8 Å². The number of carboxylic acid groups (broad SMARTS) is 1. The molecule has 116 valence electrons. The third-order valence-electron chi connectivity index (χ3n) is 3.77. The summed E-state index contributed by atoms with van der Waals surface area (Å²) < 4.78 is 1.43. The average molecular weight is 294 g/mol. The van der Waals surface area contributed by atoms with E-state index in [1.165, 1.54) is 4.68 Å². The summed E-state index contributed by atoms with van der Waals surface area (Å²) in [5, 5.41) is 16.7. The monoisotopic (exact) mass is 294 g/mol. The number of amides is 1. The van der Waals surface area contributed by atoms with Crippen LogP contribution in [0.15, 0.2) is 0 Å². The van der Waals surface area contributed by atoms with Crippen LogP contribution in [0, 0.1) is 0 Å². The van der Waals surface area contributed by atoms with Crippen molar-refractivity contribution in [1.82, 2.24) is 19.9 Å². The van der Waals surface area contributed by atoms with Crippen LogP contribution < -0.4 is 0 Å². The lowest BCUT2D eigenvalue weighted by Gasteiger charge is -2.20. The molecule has 0 saturated carbocycles. The van der Waals surface area contributed by atoms with E-state index in [0.717, 1.165) is 38.8 Å². The molecule has 1 aliphatic rings. The molecule has 0 unspecified atom stereocenters. The highest BCUT2D eigenvalue weighted by Crippen LogP contribution is 2.18. The first-order chi connectivity index (χ1) is 10.0. The summed E-state index contributed by atoms with van der Waals surface area (Å²) in [6.45, 7) is 5.36. The van der Waals surface area contributed by atoms with Crippen molar-refractivity contribution in [3.63, 3.8) is 0 Å². The van der Waals surface area contributed by atoms with E-state index < -0.39 is 5.97 Å². The predicted octanol–water partition coefficient (Wildman–Crippen LogP) is 1.50. The van der Waals surface area contributed by atoms with E-state index in [4.69, 9.17) is 5.11 Å². The van der Waals surface area contributed by atoms with Gasteiger partial charge in [-0.15, -0.1) is 5.10 Å². The number of carboxylic acids is 1. The Morgan fingerprint density at radius 3 is 2.33 bits per heavy atom. The summed E-state index contributed by atoms with van der Waals surface area (Å²) in [5.41, 5.74) is 0.444. The Labute approximate surface area is 123 Å². The molecule has 0 atom stereocenters. The molecule has 1 amide bonds. The lowest BCUT2D eigenvalue weighted by molar-refractivity contribution is -0.132. The molecule has 1 aromatic heterocycles. The fourth-order valence-corrected chi connectivity index (χ4v) is 2.71. The van der Waals surface area contributed by atoms with Crippen LogP contribution in [0.1, 0.15) is 61.6 Å². The molecule has 1 aromatic rings. The summed E-state index contributed by atoms with van der Waals surface area (Å²) in [6.07, 6.45) is 4.38. The molecule has 1 saturated heterocycles. The third kappa shape index (κ3) is 3.59. The topological polar surface area (TPSA) is 88.3 Å². The van der Waals surface area contributed by atoms with Crippen molar-refractivity contribution in [2.75, 3.05) is 13.1 Å². The van der Waals surface area contributed by atoms with Crippen LogP contribution in [0.5, 0.6) is 0 Å². The quantitative estimate of drug-likeness (QED) is 0.909. The van der Waals surface area contributed by atoms with E-state index in [1.807, 2.05) is 18.7 Å². The standard InChI is InChI=1S/C14H22N4O3/c1-10(2)13-12(14(20)21)15-16-18(13)9-11(19)17-7-5-3-4-6-8-17/h10H,3-9H2,1-2H3,(H,20,21). The first-order valence-corrected chi connectivity index (χ1v) is 7.45. The molecule has 7 nitrogen and oxygen atoms in total. The molecule has 0 bridgehead atoms.